The fourth-order valence-electron chi connectivity index (χ4n) is 1.26. The van der Waals surface area contributed by atoms with Crippen molar-refractivity contribution in [3.8, 4) is 0 Å². The van der Waals surface area contributed by atoms with Crippen LogP contribution in [-0.4, -0.2) is 18.6 Å². The number of hydrogen-bond donors (Lipinski definition) is 2. The molecule has 0 aromatic heterocycles. The third kappa shape index (κ3) is 3.74. The second-order valence-electron chi connectivity index (χ2n) is 3.51. The highest BCUT2D eigenvalue weighted by Crippen LogP contribution is 2.32. The quantitative estimate of drug-likeness (QED) is 0.362. The minimum atomic E-state index is -0.372. The first-order valence-electron chi connectivity index (χ1n) is 4.90. The maximum absolute atomic E-state index is 11.1. The van der Waals surface area contributed by atoms with E-state index in [9.17, 15) is 4.79 Å². The van der Waals surface area contributed by atoms with Crippen LogP contribution in [0.3, 0.4) is 0 Å². The van der Waals surface area contributed by atoms with Crippen molar-refractivity contribution in [2.24, 2.45) is 11.8 Å². The summed E-state index contributed by atoms with van der Waals surface area (Å²) in [5.74, 6) is 5.63. The molecular weight excluding hydrogens is 168 g/mol. The summed E-state index contributed by atoms with van der Waals surface area (Å²) < 4.78 is 5.40. The van der Waals surface area contributed by atoms with Crippen molar-refractivity contribution < 1.29 is 9.53 Å². The van der Waals surface area contributed by atoms with Crippen LogP contribution in [0.15, 0.2) is 0 Å². The van der Waals surface area contributed by atoms with Gasteiger partial charge in [-0.25, -0.2) is 5.84 Å². The molecule has 0 saturated heterocycles. The second-order valence-corrected chi connectivity index (χ2v) is 3.51. The van der Waals surface area contributed by atoms with Gasteiger partial charge in [-0.15, -0.1) is 0 Å². The van der Waals surface area contributed by atoms with Crippen LogP contribution in [0.4, 0.5) is 0 Å². The molecule has 0 aromatic rings. The zero-order valence-electron chi connectivity index (χ0n) is 8.08. The molecule has 1 fully saturated rings. The predicted molar refractivity (Wildman–Crippen MR) is 49.7 cm³/mol. The van der Waals surface area contributed by atoms with Crippen LogP contribution in [0, 0.1) is 5.92 Å². The number of hydrogen-bond acceptors (Lipinski definition) is 3. The molecule has 1 aliphatic rings. The molecule has 0 spiro atoms. The van der Waals surface area contributed by atoms with Gasteiger partial charge in [-0.2, -0.15) is 0 Å². The molecule has 13 heavy (non-hydrogen) atoms. The van der Waals surface area contributed by atoms with Crippen LogP contribution in [0.2, 0.25) is 0 Å². The number of amides is 1. The van der Waals surface area contributed by atoms with E-state index in [0.29, 0.717) is 13.0 Å². The molecule has 1 unspecified atom stereocenters. The summed E-state index contributed by atoms with van der Waals surface area (Å²) >= 11 is 0. The highest BCUT2D eigenvalue weighted by Gasteiger charge is 2.22. The molecule has 4 heteroatoms. The van der Waals surface area contributed by atoms with E-state index in [1.54, 1.807) is 0 Å². The summed E-state index contributed by atoms with van der Waals surface area (Å²) in [6, 6.07) is 0. The SMILES string of the molecule is CCC(OCCC1CC1)C(=O)NN. The minimum Gasteiger partial charge on any atom is -0.368 e. The van der Waals surface area contributed by atoms with Gasteiger partial charge >= 0.3 is 0 Å². The van der Waals surface area contributed by atoms with Crippen LogP contribution in [-0.2, 0) is 9.53 Å². The van der Waals surface area contributed by atoms with Gasteiger partial charge in [0.15, 0.2) is 0 Å². The first kappa shape index (κ1) is 10.5. The van der Waals surface area contributed by atoms with E-state index in [2.05, 4.69) is 5.43 Å². The van der Waals surface area contributed by atoms with E-state index in [4.69, 9.17) is 10.6 Å². The summed E-state index contributed by atoms with van der Waals surface area (Å²) in [4.78, 5) is 11.1. The predicted octanol–water partition coefficient (Wildman–Crippen LogP) is 0.572. The molecule has 76 valence electrons. The van der Waals surface area contributed by atoms with Gasteiger partial charge in [-0.3, -0.25) is 10.2 Å². The Kier molecular flexibility index (Phi) is 4.18. The molecule has 0 radical (unpaired) electrons. The molecule has 4 nitrogen and oxygen atoms in total. The van der Waals surface area contributed by atoms with Gasteiger partial charge in [0.25, 0.3) is 5.91 Å². The van der Waals surface area contributed by atoms with Crippen LogP contribution in [0.1, 0.15) is 32.6 Å². The first-order valence-corrected chi connectivity index (χ1v) is 4.90. The lowest BCUT2D eigenvalue weighted by Gasteiger charge is -2.13. The van der Waals surface area contributed by atoms with E-state index in [1.807, 2.05) is 6.92 Å². The minimum absolute atomic E-state index is 0.224. The summed E-state index contributed by atoms with van der Waals surface area (Å²) in [6.45, 7) is 2.59. The Morgan fingerprint density at radius 3 is 2.85 bits per heavy atom. The average Bonchev–Trinajstić information content (AvgIpc) is 2.95. The Labute approximate surface area is 78.8 Å². The van der Waals surface area contributed by atoms with Crippen molar-refractivity contribution in [1.29, 1.82) is 0 Å². The van der Waals surface area contributed by atoms with Gasteiger partial charge in [0.05, 0.1) is 0 Å². The van der Waals surface area contributed by atoms with Crippen molar-refractivity contribution in [2.75, 3.05) is 6.61 Å². The molecule has 1 amide bonds. The molecule has 3 N–H and O–H groups in total. The number of hydrazine groups is 1. The fraction of sp³-hybridized carbons (Fsp3) is 0.889. The van der Waals surface area contributed by atoms with E-state index < -0.39 is 0 Å². The molecular formula is C9H18N2O2. The van der Waals surface area contributed by atoms with Crippen LogP contribution >= 0.6 is 0 Å². The third-order valence-electron chi connectivity index (χ3n) is 2.35. The lowest BCUT2D eigenvalue weighted by molar-refractivity contribution is -0.133. The molecule has 0 aliphatic heterocycles. The number of nitrogens with two attached hydrogens (primary N) is 1. The summed E-state index contributed by atoms with van der Waals surface area (Å²) in [6.07, 6.45) is 4.03. The number of nitrogens with one attached hydrogen (secondary N) is 1. The highest BCUT2D eigenvalue weighted by molar-refractivity contribution is 5.79. The molecule has 0 aromatic carbocycles. The molecule has 1 saturated carbocycles. The van der Waals surface area contributed by atoms with Gasteiger partial charge in [0, 0.05) is 6.61 Å². The van der Waals surface area contributed by atoms with Gasteiger partial charge in [0.1, 0.15) is 6.10 Å². The summed E-state index contributed by atoms with van der Waals surface area (Å²) in [5, 5.41) is 0. The van der Waals surface area contributed by atoms with Crippen molar-refractivity contribution in [1.82, 2.24) is 5.43 Å². The van der Waals surface area contributed by atoms with Crippen molar-refractivity contribution in [2.45, 2.75) is 38.7 Å². The lowest BCUT2D eigenvalue weighted by atomic mass is 10.2. The van der Waals surface area contributed by atoms with E-state index in [-0.39, 0.29) is 12.0 Å². The Morgan fingerprint density at radius 1 is 1.69 bits per heavy atom. The van der Waals surface area contributed by atoms with Crippen LogP contribution < -0.4 is 11.3 Å². The highest BCUT2D eigenvalue weighted by atomic mass is 16.5. The van der Waals surface area contributed by atoms with E-state index >= 15 is 0 Å². The van der Waals surface area contributed by atoms with Gasteiger partial charge < -0.3 is 4.74 Å². The Morgan fingerprint density at radius 2 is 2.38 bits per heavy atom. The molecule has 0 bridgehead atoms. The van der Waals surface area contributed by atoms with Gasteiger partial charge in [-0.1, -0.05) is 19.8 Å². The zero-order valence-corrected chi connectivity index (χ0v) is 8.08. The second kappa shape index (κ2) is 5.19. The van der Waals surface area contributed by atoms with E-state index in [1.165, 1.54) is 12.8 Å². The Balaban J connectivity index is 2.10. The Bertz CT molecular complexity index is 169. The fourth-order valence-corrected chi connectivity index (χ4v) is 1.26. The van der Waals surface area contributed by atoms with Crippen molar-refractivity contribution >= 4 is 5.91 Å². The maximum atomic E-state index is 11.1. The van der Waals surface area contributed by atoms with Gasteiger partial charge in [-0.05, 0) is 18.8 Å². The Hall–Kier alpha value is -0.610. The van der Waals surface area contributed by atoms with Crippen LogP contribution in [0.5, 0.6) is 0 Å². The molecule has 0 heterocycles. The maximum Gasteiger partial charge on any atom is 0.262 e. The summed E-state index contributed by atoms with van der Waals surface area (Å²) in [5.41, 5.74) is 2.11. The lowest BCUT2D eigenvalue weighted by Crippen LogP contribution is -2.40. The normalized spacial score (nSPS) is 18.3. The number of carbonyl (C=O) groups excluding carboxylic acids is 1. The smallest absolute Gasteiger partial charge is 0.262 e. The van der Waals surface area contributed by atoms with Crippen LogP contribution in [0.25, 0.3) is 0 Å². The molecule has 1 rings (SSSR count). The summed E-state index contributed by atoms with van der Waals surface area (Å²) in [7, 11) is 0. The van der Waals surface area contributed by atoms with Crippen molar-refractivity contribution in [3.05, 3.63) is 0 Å². The topological polar surface area (TPSA) is 64.3 Å². The largest absolute Gasteiger partial charge is 0.368 e. The number of ether oxygens (including phenoxy) is 1. The number of carbonyl (C=O) groups is 1. The number of rotatable bonds is 6. The monoisotopic (exact) mass is 186 g/mol. The molecule has 1 atom stereocenters. The molecule has 1 aliphatic carbocycles. The first-order chi connectivity index (χ1) is 6.27. The van der Waals surface area contributed by atoms with Gasteiger partial charge in [0.2, 0.25) is 0 Å². The third-order valence-corrected chi connectivity index (χ3v) is 2.35. The van der Waals surface area contributed by atoms with E-state index in [0.717, 1.165) is 12.3 Å². The zero-order chi connectivity index (χ0) is 9.68. The average molecular weight is 186 g/mol. The standard InChI is InChI=1S/C9H18N2O2/c1-2-8(9(12)11-10)13-6-5-7-3-4-7/h7-8H,2-6,10H2,1H3,(H,11,12). The van der Waals surface area contributed by atoms with Crippen molar-refractivity contribution in [3.63, 3.8) is 0 Å².